The van der Waals surface area contributed by atoms with Gasteiger partial charge in [0.25, 0.3) is 0 Å². The maximum absolute atomic E-state index is 11.3. The van der Waals surface area contributed by atoms with Gasteiger partial charge in [-0.05, 0) is 0 Å². The SMILES string of the molecule is CNC(=O)C(C)CN(C)C(=O)CCN. The van der Waals surface area contributed by atoms with E-state index in [9.17, 15) is 9.59 Å². The second kappa shape index (κ2) is 6.37. The Morgan fingerprint density at radius 1 is 1.50 bits per heavy atom. The van der Waals surface area contributed by atoms with E-state index in [1.54, 1.807) is 21.0 Å². The topological polar surface area (TPSA) is 75.4 Å². The van der Waals surface area contributed by atoms with Crippen LogP contribution in [0, 0.1) is 5.92 Å². The monoisotopic (exact) mass is 201 g/mol. The van der Waals surface area contributed by atoms with E-state index in [1.807, 2.05) is 0 Å². The first-order valence-electron chi connectivity index (χ1n) is 4.68. The summed E-state index contributed by atoms with van der Waals surface area (Å²) in [5.74, 6) is -0.271. The number of carbonyl (C=O) groups is 2. The molecule has 0 saturated heterocycles. The lowest BCUT2D eigenvalue weighted by atomic mass is 10.1. The summed E-state index contributed by atoms with van der Waals surface area (Å²) in [6.07, 6.45) is 0.330. The number of hydrogen-bond donors (Lipinski definition) is 2. The van der Waals surface area contributed by atoms with Crippen LogP contribution < -0.4 is 11.1 Å². The van der Waals surface area contributed by atoms with Crippen molar-refractivity contribution in [2.45, 2.75) is 13.3 Å². The van der Waals surface area contributed by atoms with Crippen LogP contribution in [-0.2, 0) is 9.59 Å². The fourth-order valence-electron chi connectivity index (χ4n) is 1.16. The molecule has 5 nitrogen and oxygen atoms in total. The predicted octanol–water partition coefficient (Wildman–Crippen LogP) is -0.824. The maximum atomic E-state index is 11.3. The van der Waals surface area contributed by atoms with Gasteiger partial charge in [-0.25, -0.2) is 0 Å². The van der Waals surface area contributed by atoms with Crippen LogP contribution in [0.1, 0.15) is 13.3 Å². The highest BCUT2D eigenvalue weighted by molar-refractivity contribution is 5.80. The van der Waals surface area contributed by atoms with Gasteiger partial charge in [0.2, 0.25) is 11.8 Å². The molecule has 0 saturated carbocycles. The molecule has 0 aliphatic rings. The average molecular weight is 201 g/mol. The third-order valence-corrected chi connectivity index (χ3v) is 2.03. The molecular weight excluding hydrogens is 182 g/mol. The summed E-state index contributed by atoms with van der Waals surface area (Å²) in [4.78, 5) is 24.0. The summed E-state index contributed by atoms with van der Waals surface area (Å²) in [5, 5.41) is 2.54. The largest absolute Gasteiger partial charge is 0.359 e. The van der Waals surface area contributed by atoms with Gasteiger partial charge in [0, 0.05) is 33.6 Å². The maximum Gasteiger partial charge on any atom is 0.224 e. The molecule has 1 unspecified atom stereocenters. The van der Waals surface area contributed by atoms with Gasteiger partial charge in [-0.1, -0.05) is 6.92 Å². The first-order valence-corrected chi connectivity index (χ1v) is 4.68. The predicted molar refractivity (Wildman–Crippen MR) is 54.5 cm³/mol. The van der Waals surface area contributed by atoms with Crippen molar-refractivity contribution in [3.63, 3.8) is 0 Å². The van der Waals surface area contributed by atoms with Crippen LogP contribution in [-0.4, -0.2) is 43.9 Å². The second-order valence-electron chi connectivity index (χ2n) is 3.33. The van der Waals surface area contributed by atoms with E-state index >= 15 is 0 Å². The first kappa shape index (κ1) is 12.9. The third kappa shape index (κ3) is 4.23. The minimum atomic E-state index is -0.188. The van der Waals surface area contributed by atoms with Crippen LogP contribution in [0.4, 0.5) is 0 Å². The molecule has 0 heterocycles. The Morgan fingerprint density at radius 2 is 2.07 bits per heavy atom. The summed E-state index contributed by atoms with van der Waals surface area (Å²) in [7, 11) is 3.26. The molecule has 0 bridgehead atoms. The van der Waals surface area contributed by atoms with Crippen LogP contribution in [0.25, 0.3) is 0 Å². The highest BCUT2D eigenvalue weighted by Gasteiger charge is 2.16. The van der Waals surface area contributed by atoms with Crippen molar-refractivity contribution >= 4 is 11.8 Å². The van der Waals surface area contributed by atoms with Crippen LogP contribution in [0.15, 0.2) is 0 Å². The summed E-state index contributed by atoms with van der Waals surface area (Å²) in [6.45, 7) is 2.56. The van der Waals surface area contributed by atoms with Crippen molar-refractivity contribution in [2.24, 2.45) is 11.7 Å². The van der Waals surface area contributed by atoms with E-state index in [4.69, 9.17) is 5.73 Å². The van der Waals surface area contributed by atoms with Crippen molar-refractivity contribution in [1.29, 1.82) is 0 Å². The molecular formula is C9H19N3O2. The van der Waals surface area contributed by atoms with Gasteiger partial charge in [0.15, 0.2) is 0 Å². The number of nitrogens with two attached hydrogens (primary N) is 1. The van der Waals surface area contributed by atoms with Crippen LogP contribution in [0.3, 0.4) is 0 Å². The van der Waals surface area contributed by atoms with Crippen LogP contribution >= 0.6 is 0 Å². The van der Waals surface area contributed by atoms with Crippen LogP contribution in [0.2, 0.25) is 0 Å². The summed E-state index contributed by atoms with van der Waals surface area (Å²) < 4.78 is 0. The molecule has 0 rings (SSSR count). The molecule has 3 N–H and O–H groups in total. The molecule has 0 aromatic rings. The number of nitrogens with zero attached hydrogens (tertiary/aromatic N) is 1. The van der Waals surface area contributed by atoms with Gasteiger partial charge < -0.3 is 16.0 Å². The van der Waals surface area contributed by atoms with Crippen molar-refractivity contribution in [3.05, 3.63) is 0 Å². The van der Waals surface area contributed by atoms with Gasteiger partial charge in [-0.2, -0.15) is 0 Å². The van der Waals surface area contributed by atoms with E-state index in [0.29, 0.717) is 19.5 Å². The number of carbonyl (C=O) groups excluding carboxylic acids is 2. The quantitative estimate of drug-likeness (QED) is 0.610. The Balaban J connectivity index is 3.98. The molecule has 5 heteroatoms. The standard InChI is InChI=1S/C9H19N3O2/c1-7(9(14)11-2)6-12(3)8(13)4-5-10/h7H,4-6,10H2,1-3H3,(H,11,14). The Bertz CT molecular complexity index is 206. The lowest BCUT2D eigenvalue weighted by Gasteiger charge is -2.20. The zero-order chi connectivity index (χ0) is 11.1. The van der Waals surface area contributed by atoms with E-state index in [1.165, 1.54) is 4.90 Å². The minimum absolute atomic E-state index is 0.0248. The van der Waals surface area contributed by atoms with Crippen molar-refractivity contribution < 1.29 is 9.59 Å². The Kier molecular flexibility index (Phi) is 5.87. The number of hydrogen-bond acceptors (Lipinski definition) is 3. The molecule has 1 atom stereocenters. The van der Waals surface area contributed by atoms with E-state index < -0.39 is 0 Å². The fraction of sp³-hybridized carbons (Fsp3) is 0.778. The highest BCUT2D eigenvalue weighted by Crippen LogP contribution is 1.99. The summed E-state index contributed by atoms with van der Waals surface area (Å²) in [6, 6.07) is 0. The molecule has 14 heavy (non-hydrogen) atoms. The smallest absolute Gasteiger partial charge is 0.224 e. The average Bonchev–Trinajstić information content (AvgIpc) is 2.16. The van der Waals surface area contributed by atoms with E-state index in [2.05, 4.69) is 5.32 Å². The molecule has 0 fully saturated rings. The zero-order valence-corrected chi connectivity index (χ0v) is 9.04. The zero-order valence-electron chi connectivity index (χ0n) is 9.04. The highest BCUT2D eigenvalue weighted by atomic mass is 16.2. The first-order chi connectivity index (χ1) is 6.52. The van der Waals surface area contributed by atoms with Gasteiger partial charge in [0.05, 0.1) is 5.92 Å². The Morgan fingerprint density at radius 3 is 2.50 bits per heavy atom. The Labute approximate surface area is 84.6 Å². The van der Waals surface area contributed by atoms with Crippen molar-refractivity contribution in [2.75, 3.05) is 27.2 Å². The van der Waals surface area contributed by atoms with Crippen molar-refractivity contribution in [3.8, 4) is 0 Å². The van der Waals surface area contributed by atoms with E-state index in [0.717, 1.165) is 0 Å². The Hall–Kier alpha value is -1.10. The molecule has 0 aromatic heterocycles. The number of amides is 2. The van der Waals surface area contributed by atoms with Gasteiger partial charge in [-0.3, -0.25) is 9.59 Å². The molecule has 0 radical (unpaired) electrons. The van der Waals surface area contributed by atoms with E-state index in [-0.39, 0.29) is 17.7 Å². The molecule has 0 aliphatic carbocycles. The van der Waals surface area contributed by atoms with Gasteiger partial charge in [-0.15, -0.1) is 0 Å². The number of rotatable bonds is 5. The lowest BCUT2D eigenvalue weighted by molar-refractivity contribution is -0.131. The fourth-order valence-corrected chi connectivity index (χ4v) is 1.16. The van der Waals surface area contributed by atoms with Crippen LogP contribution in [0.5, 0.6) is 0 Å². The molecule has 0 spiro atoms. The van der Waals surface area contributed by atoms with Gasteiger partial charge >= 0.3 is 0 Å². The van der Waals surface area contributed by atoms with Gasteiger partial charge in [0.1, 0.15) is 0 Å². The normalized spacial score (nSPS) is 12.0. The molecule has 2 amide bonds. The third-order valence-electron chi connectivity index (χ3n) is 2.03. The summed E-state index contributed by atoms with van der Waals surface area (Å²) in [5.41, 5.74) is 5.26. The molecule has 82 valence electrons. The summed E-state index contributed by atoms with van der Waals surface area (Å²) >= 11 is 0. The minimum Gasteiger partial charge on any atom is -0.359 e. The number of nitrogens with one attached hydrogen (secondary N) is 1. The lowest BCUT2D eigenvalue weighted by Crippen LogP contribution is -2.37. The van der Waals surface area contributed by atoms with Crippen molar-refractivity contribution in [1.82, 2.24) is 10.2 Å². The second-order valence-corrected chi connectivity index (χ2v) is 3.33. The molecule has 0 aromatic carbocycles. The molecule has 0 aliphatic heterocycles.